The van der Waals surface area contributed by atoms with Crippen LogP contribution in [0.1, 0.15) is 0 Å². The molecule has 0 rings (SSSR count). The van der Waals surface area contributed by atoms with Gasteiger partial charge in [0.2, 0.25) is 0 Å². The number of rotatable bonds is 1. The summed E-state index contributed by atoms with van der Waals surface area (Å²) in [7, 11) is 2.82. The second kappa shape index (κ2) is 15.8. The molecule has 0 aromatic heterocycles. The molecular weight excluding hydrogens is 542 g/mol. The van der Waals surface area contributed by atoms with Crippen LogP contribution in [0.15, 0.2) is 0 Å². The van der Waals surface area contributed by atoms with E-state index in [1.54, 1.807) is 0 Å². The minimum Gasteiger partial charge on any atom is -0.322 e. The van der Waals surface area contributed by atoms with Crippen molar-refractivity contribution in [2.45, 2.75) is 0 Å². The largest absolute Gasteiger partial charge is 0.322 e. The van der Waals surface area contributed by atoms with Crippen molar-refractivity contribution in [2.75, 3.05) is 0 Å². The van der Waals surface area contributed by atoms with Crippen LogP contribution in [-0.2, 0) is 0 Å². The predicted molar refractivity (Wildman–Crippen MR) is 25.9 cm³/mol. The molecule has 0 aliphatic rings. The Labute approximate surface area is 119 Å². The Bertz CT molecular complexity index is 11.5. The average Bonchev–Trinajstić information content (AvgIpc) is 1.37. The normalized spacial score (nSPS) is 5.00. The second-order valence-corrected chi connectivity index (χ2v) is 2.12. The molecule has 0 aliphatic carbocycles. The monoisotopic (exact) mass is 546 g/mol. The predicted octanol–water partition coefficient (Wildman–Crippen LogP) is 1.95. The van der Waals surface area contributed by atoms with Gasteiger partial charge in [-0.1, -0.05) is 0 Å². The molecule has 32 valence electrons. The zero-order valence-electron chi connectivity index (χ0n) is 3.39. The Kier molecular flexibility index (Phi) is 43.0. The molecule has 0 nitrogen and oxygen atoms in total. The van der Waals surface area contributed by atoms with Crippen molar-refractivity contribution >= 4 is 21.6 Å². The maximum absolute atomic E-state index is 3.42. The third kappa shape index (κ3) is 15.6. The maximum atomic E-state index is 3.42. The Morgan fingerprint density at radius 3 is 1.00 bits per heavy atom. The fraction of sp³-hybridized carbons (Fsp3) is 0. The Hall–Kier alpha value is 3.58. The Morgan fingerprint density at radius 1 is 0.833 bits per heavy atom. The second-order valence-electron chi connectivity index (χ2n) is 0.236. The maximum Gasteiger partial charge on any atom is 0 e. The Morgan fingerprint density at radius 2 is 1.00 bits per heavy atom. The molecule has 0 unspecified atom stereocenters. The van der Waals surface area contributed by atoms with Crippen molar-refractivity contribution in [3.8, 4) is 0 Å². The van der Waals surface area contributed by atoms with E-state index < -0.39 is 0 Å². The molecule has 4 heteroatoms. The summed E-state index contributed by atoms with van der Waals surface area (Å²) in [6.07, 6.45) is 6.84. The van der Waals surface area contributed by atoms with E-state index in [0.29, 0.717) is 0 Å². The summed E-state index contributed by atoms with van der Waals surface area (Å²) in [4.78, 5) is 0. The van der Waals surface area contributed by atoms with Crippen molar-refractivity contribution < 1.29 is 88.1 Å². The molecule has 2 radical (unpaired) electrons. The molecule has 0 aliphatic heterocycles. The molecule has 0 saturated heterocycles. The fourth-order valence-corrected chi connectivity index (χ4v) is 0. The molecule has 0 fully saturated rings. The third-order valence-electron chi connectivity index (χ3n) is 0.0833. The van der Waals surface area contributed by atoms with Crippen LogP contribution >= 0.6 is 21.6 Å². The van der Waals surface area contributed by atoms with Crippen LogP contribution in [0.3, 0.4) is 0 Å². The van der Waals surface area contributed by atoms with Crippen molar-refractivity contribution in [1.82, 2.24) is 0 Å². The molecule has 0 aromatic carbocycles. The molecule has 6 heavy (non-hydrogen) atoms. The first-order valence-corrected chi connectivity index (χ1v) is 3.23. The van der Waals surface area contributed by atoms with Gasteiger partial charge in [-0.05, 0) is 0 Å². The van der Waals surface area contributed by atoms with E-state index in [0.717, 1.165) is 0 Å². The summed E-state index contributed by atoms with van der Waals surface area (Å²) in [6, 6.07) is 0. The topological polar surface area (TPSA) is 0 Å². The van der Waals surface area contributed by atoms with Gasteiger partial charge in [-0.25, -0.2) is 0 Å². The molecule has 0 bridgehead atoms. The summed E-state index contributed by atoms with van der Waals surface area (Å²) in [5.74, 6) is 0. The van der Waals surface area contributed by atoms with Gasteiger partial charge in [-0.2, -0.15) is 0 Å². The van der Waals surface area contributed by atoms with Crippen LogP contribution in [0.25, 0.3) is 0 Å². The van der Waals surface area contributed by atoms with Crippen LogP contribution < -0.4 is 0 Å². The first kappa shape index (κ1) is 16.3. The summed E-state index contributed by atoms with van der Waals surface area (Å²) in [5, 5.41) is 0. The minimum atomic E-state index is 0. The quantitative estimate of drug-likeness (QED) is 0.365. The van der Waals surface area contributed by atoms with Gasteiger partial charge in [0, 0.05) is 88.1 Å². The molecule has 0 amide bonds. The van der Waals surface area contributed by atoms with Crippen LogP contribution in [0.4, 0.5) is 0 Å². The summed E-state index contributed by atoms with van der Waals surface area (Å²) < 4.78 is 0. The zero-order valence-corrected chi connectivity index (χ0v) is 14.5. The molecule has 0 spiro atoms. The number of hydrogen-bond donors (Lipinski definition) is 0. The van der Waals surface area contributed by atoms with Gasteiger partial charge in [-0.3, -0.25) is 12.5 Å². The smallest absolute Gasteiger partial charge is 0 e. The van der Waals surface area contributed by atoms with Gasteiger partial charge in [0.15, 0.2) is 0 Å². The van der Waals surface area contributed by atoms with Crippen LogP contribution in [0.5, 0.6) is 0 Å². The number of hydrogen-bond acceptors (Lipinski definition) is 2. The van der Waals surface area contributed by atoms with Gasteiger partial charge < -0.3 is 21.6 Å². The van der Waals surface area contributed by atoms with Crippen molar-refractivity contribution in [2.24, 2.45) is 0 Å². The zero-order chi connectivity index (χ0) is 3.41. The molecular formula is C2H4Ac2S2-2. The summed E-state index contributed by atoms with van der Waals surface area (Å²) in [5.41, 5.74) is 0. The average molecular weight is 546 g/mol. The first-order valence-electron chi connectivity index (χ1n) is 0.744. The van der Waals surface area contributed by atoms with Gasteiger partial charge >= 0.3 is 0 Å². The molecule has 0 atom stereocenters. The van der Waals surface area contributed by atoms with E-state index in [2.05, 4.69) is 12.5 Å². The van der Waals surface area contributed by atoms with Crippen LogP contribution in [0, 0.1) is 101 Å². The van der Waals surface area contributed by atoms with Crippen molar-refractivity contribution in [3.63, 3.8) is 0 Å². The van der Waals surface area contributed by atoms with Crippen molar-refractivity contribution in [1.29, 1.82) is 0 Å². The van der Waals surface area contributed by atoms with E-state index in [-0.39, 0.29) is 88.1 Å². The summed E-state index contributed by atoms with van der Waals surface area (Å²) >= 11 is 0. The Balaban J connectivity index is -0.0000000450. The SMILES string of the molecule is [Ac].[Ac].[CH2-]SS[CH2-]. The van der Waals surface area contributed by atoms with Gasteiger partial charge in [0.25, 0.3) is 0 Å². The third-order valence-corrected chi connectivity index (χ3v) is 0.750. The van der Waals surface area contributed by atoms with E-state index in [4.69, 9.17) is 0 Å². The van der Waals surface area contributed by atoms with E-state index >= 15 is 0 Å². The van der Waals surface area contributed by atoms with Crippen LogP contribution in [-0.4, -0.2) is 0 Å². The van der Waals surface area contributed by atoms with Gasteiger partial charge in [0.1, 0.15) is 0 Å². The van der Waals surface area contributed by atoms with Gasteiger partial charge in [-0.15, -0.1) is 0 Å². The minimum absolute atomic E-state index is 0. The first-order chi connectivity index (χ1) is 1.91. The van der Waals surface area contributed by atoms with Crippen LogP contribution in [0.2, 0.25) is 0 Å². The van der Waals surface area contributed by atoms with E-state index in [1.807, 2.05) is 0 Å². The summed E-state index contributed by atoms with van der Waals surface area (Å²) in [6.45, 7) is 0. The van der Waals surface area contributed by atoms with Crippen molar-refractivity contribution in [3.05, 3.63) is 12.5 Å². The van der Waals surface area contributed by atoms with Gasteiger partial charge in [0.05, 0.1) is 0 Å². The standard InChI is InChI=1S/C2H4S2.2Ac/c1-3-4-2;;/h1-2H2;;/q-2;;. The fourth-order valence-electron chi connectivity index (χ4n) is 0. The molecule has 0 saturated carbocycles. The van der Waals surface area contributed by atoms with E-state index in [1.165, 1.54) is 21.6 Å². The molecule has 0 heterocycles. The molecule has 0 N–H and O–H groups in total. The van der Waals surface area contributed by atoms with E-state index in [9.17, 15) is 0 Å². The molecule has 0 aromatic rings.